The van der Waals surface area contributed by atoms with Gasteiger partial charge in [-0.25, -0.2) is 15.0 Å². The molecule has 0 saturated carbocycles. The number of para-hydroxylation sites is 2. The van der Waals surface area contributed by atoms with Gasteiger partial charge in [0, 0.05) is 0 Å². The van der Waals surface area contributed by atoms with Gasteiger partial charge >= 0.3 is 0 Å². The van der Waals surface area contributed by atoms with Gasteiger partial charge in [0.15, 0.2) is 11.5 Å². The van der Waals surface area contributed by atoms with E-state index in [9.17, 15) is 9.90 Å². The molecule has 0 fully saturated rings. The van der Waals surface area contributed by atoms with E-state index in [1.165, 1.54) is 4.57 Å². The Morgan fingerprint density at radius 3 is 2.67 bits per heavy atom. The predicted molar refractivity (Wildman–Crippen MR) is 118 cm³/mol. The number of ether oxygens (including phenoxy) is 1. The number of hydrazone groups is 1. The third kappa shape index (κ3) is 3.86. The molecule has 0 bridgehead atoms. The summed E-state index contributed by atoms with van der Waals surface area (Å²) in [5.41, 5.74) is 4.67. The zero-order valence-corrected chi connectivity index (χ0v) is 16.3. The lowest BCUT2D eigenvalue weighted by Gasteiger charge is -2.12. The van der Waals surface area contributed by atoms with Crippen LogP contribution in [0.1, 0.15) is 12.5 Å². The van der Waals surface area contributed by atoms with Crippen molar-refractivity contribution >= 4 is 23.1 Å². The molecule has 3 aromatic carbocycles. The lowest BCUT2D eigenvalue weighted by Crippen LogP contribution is -2.22. The Kier molecular flexibility index (Phi) is 5.43. The van der Waals surface area contributed by atoms with Gasteiger partial charge in [0.1, 0.15) is 0 Å². The molecule has 0 saturated heterocycles. The standard InChI is InChI=1S/C23H20N4O3/c1-2-30-21-14-16(12-13-20(21)28)15-24-26-23-25-19-11-7-6-10-18(19)22(29)27(23)17-8-4-3-5-9-17/h3-15,28H,2H2,1H3,(H,25,26). The van der Waals surface area contributed by atoms with Crippen LogP contribution in [0.5, 0.6) is 11.5 Å². The van der Waals surface area contributed by atoms with E-state index in [0.29, 0.717) is 34.9 Å². The number of phenols is 1. The van der Waals surface area contributed by atoms with Crippen LogP contribution in [0.3, 0.4) is 0 Å². The van der Waals surface area contributed by atoms with E-state index >= 15 is 0 Å². The first-order chi connectivity index (χ1) is 14.7. The molecule has 150 valence electrons. The van der Waals surface area contributed by atoms with Crippen molar-refractivity contribution in [2.24, 2.45) is 5.10 Å². The number of benzene rings is 3. The summed E-state index contributed by atoms with van der Waals surface area (Å²) in [6.45, 7) is 2.28. The highest BCUT2D eigenvalue weighted by Crippen LogP contribution is 2.26. The fraction of sp³-hybridized carbons (Fsp3) is 0.0870. The van der Waals surface area contributed by atoms with E-state index in [0.717, 1.165) is 5.56 Å². The van der Waals surface area contributed by atoms with Crippen molar-refractivity contribution in [1.29, 1.82) is 0 Å². The third-order valence-electron chi connectivity index (χ3n) is 4.45. The molecule has 4 rings (SSSR count). The van der Waals surface area contributed by atoms with Gasteiger partial charge in [-0.15, -0.1) is 0 Å². The number of nitrogens with zero attached hydrogens (tertiary/aromatic N) is 3. The normalized spacial score (nSPS) is 11.1. The second-order valence-electron chi connectivity index (χ2n) is 6.46. The Morgan fingerprint density at radius 1 is 1.10 bits per heavy atom. The van der Waals surface area contributed by atoms with E-state index in [1.54, 1.807) is 36.5 Å². The molecule has 0 aliphatic carbocycles. The molecule has 7 heteroatoms. The minimum Gasteiger partial charge on any atom is -0.504 e. The molecule has 0 atom stereocenters. The average Bonchev–Trinajstić information content (AvgIpc) is 2.77. The second kappa shape index (κ2) is 8.48. The van der Waals surface area contributed by atoms with Gasteiger partial charge in [-0.05, 0) is 55.0 Å². The van der Waals surface area contributed by atoms with Crippen LogP contribution in [0.4, 0.5) is 5.95 Å². The first kappa shape index (κ1) is 19.2. The smallest absolute Gasteiger partial charge is 0.267 e. The highest BCUT2D eigenvalue weighted by atomic mass is 16.5. The summed E-state index contributed by atoms with van der Waals surface area (Å²) in [5.74, 6) is 0.743. The summed E-state index contributed by atoms with van der Waals surface area (Å²) in [6.07, 6.45) is 1.57. The average molecular weight is 400 g/mol. The summed E-state index contributed by atoms with van der Waals surface area (Å²) in [4.78, 5) is 17.7. The van der Waals surface area contributed by atoms with Crippen LogP contribution in [0.2, 0.25) is 0 Å². The number of rotatable bonds is 6. The monoisotopic (exact) mass is 400 g/mol. The fourth-order valence-electron chi connectivity index (χ4n) is 3.07. The van der Waals surface area contributed by atoms with Crippen LogP contribution in [-0.2, 0) is 0 Å². The van der Waals surface area contributed by atoms with E-state index in [2.05, 4.69) is 15.5 Å². The zero-order valence-electron chi connectivity index (χ0n) is 16.3. The molecule has 4 aromatic rings. The van der Waals surface area contributed by atoms with Gasteiger partial charge in [0.05, 0.1) is 29.4 Å². The first-order valence-electron chi connectivity index (χ1n) is 9.49. The van der Waals surface area contributed by atoms with Crippen molar-refractivity contribution in [3.63, 3.8) is 0 Å². The number of anilines is 1. The first-order valence-corrected chi connectivity index (χ1v) is 9.49. The highest BCUT2D eigenvalue weighted by Gasteiger charge is 2.12. The third-order valence-corrected chi connectivity index (χ3v) is 4.45. The van der Waals surface area contributed by atoms with E-state index in [1.807, 2.05) is 49.4 Å². The van der Waals surface area contributed by atoms with E-state index < -0.39 is 0 Å². The Bertz CT molecular complexity index is 1270. The summed E-state index contributed by atoms with van der Waals surface area (Å²) in [7, 11) is 0. The van der Waals surface area contributed by atoms with Gasteiger partial charge in [-0.2, -0.15) is 5.10 Å². The number of fused-ring (bicyclic) bond motifs is 1. The summed E-state index contributed by atoms with van der Waals surface area (Å²) in [6, 6.07) is 21.4. The number of aromatic hydroxyl groups is 1. The van der Waals surface area contributed by atoms with Crippen LogP contribution in [0, 0.1) is 0 Å². The molecular weight excluding hydrogens is 380 g/mol. The molecule has 0 aliphatic rings. The molecule has 2 N–H and O–H groups in total. The minimum absolute atomic E-state index is 0.0658. The maximum absolute atomic E-state index is 13.1. The molecule has 0 radical (unpaired) electrons. The number of phenolic OH excluding ortho intramolecular Hbond substituents is 1. The zero-order chi connectivity index (χ0) is 20.9. The molecule has 0 spiro atoms. The molecule has 7 nitrogen and oxygen atoms in total. The van der Waals surface area contributed by atoms with Crippen molar-refractivity contribution in [3.8, 4) is 17.2 Å². The largest absolute Gasteiger partial charge is 0.504 e. The minimum atomic E-state index is -0.187. The summed E-state index contributed by atoms with van der Waals surface area (Å²) < 4.78 is 6.88. The molecule has 1 heterocycles. The van der Waals surface area contributed by atoms with Gasteiger partial charge in [-0.1, -0.05) is 30.3 Å². The molecular formula is C23H20N4O3. The van der Waals surface area contributed by atoms with E-state index in [4.69, 9.17) is 4.74 Å². The maximum atomic E-state index is 13.1. The Morgan fingerprint density at radius 2 is 1.87 bits per heavy atom. The van der Waals surface area contributed by atoms with Gasteiger partial charge in [0.2, 0.25) is 5.95 Å². The van der Waals surface area contributed by atoms with Gasteiger partial charge in [-0.3, -0.25) is 4.79 Å². The quantitative estimate of drug-likeness (QED) is 0.378. The van der Waals surface area contributed by atoms with Gasteiger partial charge in [0.25, 0.3) is 5.56 Å². The van der Waals surface area contributed by atoms with Crippen molar-refractivity contribution < 1.29 is 9.84 Å². The summed E-state index contributed by atoms with van der Waals surface area (Å²) in [5, 5.41) is 14.6. The topological polar surface area (TPSA) is 88.7 Å². The van der Waals surface area contributed by atoms with Crippen molar-refractivity contribution in [2.45, 2.75) is 6.92 Å². The number of hydrogen-bond acceptors (Lipinski definition) is 6. The van der Waals surface area contributed by atoms with Crippen molar-refractivity contribution in [3.05, 3.63) is 88.7 Å². The van der Waals surface area contributed by atoms with E-state index in [-0.39, 0.29) is 11.3 Å². The molecule has 30 heavy (non-hydrogen) atoms. The molecule has 0 aliphatic heterocycles. The fourth-order valence-corrected chi connectivity index (χ4v) is 3.07. The maximum Gasteiger partial charge on any atom is 0.267 e. The van der Waals surface area contributed by atoms with Crippen molar-refractivity contribution in [2.75, 3.05) is 12.0 Å². The molecule has 1 aromatic heterocycles. The van der Waals surface area contributed by atoms with Gasteiger partial charge < -0.3 is 9.84 Å². The predicted octanol–water partition coefficient (Wildman–Crippen LogP) is 3.94. The van der Waals surface area contributed by atoms with Crippen LogP contribution in [0.25, 0.3) is 16.6 Å². The number of aromatic nitrogens is 2. The Balaban J connectivity index is 1.73. The molecule has 0 unspecified atom stereocenters. The highest BCUT2D eigenvalue weighted by molar-refractivity contribution is 5.82. The van der Waals surface area contributed by atoms with Crippen molar-refractivity contribution in [1.82, 2.24) is 9.55 Å². The number of hydrogen-bond donors (Lipinski definition) is 2. The SMILES string of the molecule is CCOc1cc(C=NNc2nc3ccccc3c(=O)n2-c2ccccc2)ccc1O. The molecule has 0 amide bonds. The number of nitrogens with one attached hydrogen (secondary N) is 1. The van der Waals surface area contributed by atoms with Crippen LogP contribution >= 0.6 is 0 Å². The van der Waals surface area contributed by atoms with Crippen LogP contribution < -0.4 is 15.7 Å². The Hall–Kier alpha value is -4.13. The van der Waals surface area contributed by atoms with Crippen LogP contribution in [0.15, 0.2) is 82.7 Å². The lowest BCUT2D eigenvalue weighted by molar-refractivity contribution is 0.318. The lowest BCUT2D eigenvalue weighted by atomic mass is 10.2. The van der Waals surface area contributed by atoms with Crippen LogP contribution in [-0.4, -0.2) is 27.5 Å². The summed E-state index contributed by atoms with van der Waals surface area (Å²) >= 11 is 0. The second-order valence-corrected chi connectivity index (χ2v) is 6.46. The Labute approximate surface area is 172 Å².